The molecule has 1 heterocycles. The normalized spacial score (nSPS) is 17.3. The number of hydrogen-bond acceptors (Lipinski definition) is 4. The van der Waals surface area contributed by atoms with Gasteiger partial charge in [0.05, 0.1) is 0 Å². The zero-order valence-electron chi connectivity index (χ0n) is 14.6. The van der Waals surface area contributed by atoms with Gasteiger partial charge in [-0.25, -0.2) is 4.39 Å². The maximum Gasteiger partial charge on any atom is 0.244 e. The average molecular weight is 337 g/mol. The number of nitrogens with zero attached hydrogens (tertiary/aromatic N) is 3. The number of unbranched alkanes of at least 4 members (excludes halogenated alkanes) is 1. The second-order valence-corrected chi connectivity index (χ2v) is 6.49. The number of likely N-dealkylation sites (N-methyl/N-ethyl adjacent to an activating group) is 1. The van der Waals surface area contributed by atoms with Crippen molar-refractivity contribution in [1.82, 2.24) is 14.7 Å². The number of piperazine rings is 1. The zero-order valence-corrected chi connectivity index (χ0v) is 14.6. The number of rotatable bonds is 7. The summed E-state index contributed by atoms with van der Waals surface area (Å²) in [6.07, 6.45) is 1.79. The first-order chi connectivity index (χ1) is 11.5. The molecule has 0 saturated carbocycles. The van der Waals surface area contributed by atoms with Crippen LogP contribution in [0.4, 0.5) is 4.39 Å². The molecule has 134 valence electrons. The fourth-order valence-corrected chi connectivity index (χ4v) is 3.14. The molecule has 0 spiro atoms. The highest BCUT2D eigenvalue weighted by Gasteiger charge is 2.31. The Morgan fingerprint density at radius 1 is 1.21 bits per heavy atom. The van der Waals surface area contributed by atoms with E-state index in [2.05, 4.69) is 4.90 Å². The van der Waals surface area contributed by atoms with Gasteiger partial charge in [0.15, 0.2) is 0 Å². The molecule has 1 amide bonds. The Hall–Kier alpha value is -1.50. The molecule has 0 aliphatic carbocycles. The van der Waals surface area contributed by atoms with Gasteiger partial charge in [0.25, 0.3) is 0 Å². The van der Waals surface area contributed by atoms with Crippen LogP contribution in [0.1, 0.15) is 24.4 Å². The van der Waals surface area contributed by atoms with E-state index in [0.717, 1.165) is 32.5 Å². The van der Waals surface area contributed by atoms with Crippen LogP contribution in [-0.4, -0.2) is 79.1 Å². The fourth-order valence-electron chi connectivity index (χ4n) is 3.14. The Morgan fingerprint density at radius 2 is 1.88 bits per heavy atom. The Balaban J connectivity index is 1.98. The van der Waals surface area contributed by atoms with E-state index < -0.39 is 6.04 Å². The summed E-state index contributed by atoms with van der Waals surface area (Å²) in [4.78, 5) is 18.8. The van der Waals surface area contributed by atoms with Crippen molar-refractivity contribution in [2.75, 3.05) is 53.4 Å². The molecule has 1 aromatic carbocycles. The van der Waals surface area contributed by atoms with Gasteiger partial charge in [-0.1, -0.05) is 18.2 Å². The van der Waals surface area contributed by atoms with Gasteiger partial charge in [-0.05, 0) is 39.5 Å². The van der Waals surface area contributed by atoms with Crippen molar-refractivity contribution in [3.8, 4) is 0 Å². The van der Waals surface area contributed by atoms with Crippen molar-refractivity contribution in [1.29, 1.82) is 0 Å². The van der Waals surface area contributed by atoms with Crippen molar-refractivity contribution in [2.24, 2.45) is 0 Å². The van der Waals surface area contributed by atoms with Crippen molar-refractivity contribution in [3.63, 3.8) is 0 Å². The Bertz CT molecular complexity index is 531. The highest BCUT2D eigenvalue weighted by Crippen LogP contribution is 2.24. The lowest BCUT2D eigenvalue weighted by molar-refractivity contribution is -0.138. The predicted octanol–water partition coefficient (Wildman–Crippen LogP) is 1.35. The summed E-state index contributed by atoms with van der Waals surface area (Å²) >= 11 is 0. The van der Waals surface area contributed by atoms with E-state index in [9.17, 15) is 9.18 Å². The first-order valence-electron chi connectivity index (χ1n) is 8.57. The van der Waals surface area contributed by atoms with Crippen molar-refractivity contribution >= 4 is 5.91 Å². The number of aliphatic hydroxyl groups is 1. The number of halogens is 1. The largest absolute Gasteiger partial charge is 0.396 e. The minimum Gasteiger partial charge on any atom is -0.396 e. The third kappa shape index (κ3) is 4.75. The van der Waals surface area contributed by atoms with Gasteiger partial charge < -0.3 is 10.0 Å². The summed E-state index contributed by atoms with van der Waals surface area (Å²) in [5, 5.41) is 8.85. The summed E-state index contributed by atoms with van der Waals surface area (Å²) in [5.74, 6) is -0.382. The fraction of sp³-hybridized carbons (Fsp3) is 0.611. The summed E-state index contributed by atoms with van der Waals surface area (Å²) in [6, 6.07) is 5.90. The standard InChI is InChI=1S/C18H28FN3O2/c1-20(2)17(15-7-3-4-8-16(15)19)18(24)22-12-10-21(11-13-22)9-5-6-14-23/h3-4,7-8,17,23H,5-6,9-14H2,1-2H3/t17-/m1/s1. The number of hydrogen-bond donors (Lipinski definition) is 1. The number of benzene rings is 1. The molecule has 0 aromatic heterocycles. The first kappa shape index (κ1) is 18.8. The highest BCUT2D eigenvalue weighted by atomic mass is 19.1. The smallest absolute Gasteiger partial charge is 0.244 e. The number of carbonyl (C=O) groups excluding carboxylic acids is 1. The van der Waals surface area contributed by atoms with Crippen molar-refractivity contribution in [2.45, 2.75) is 18.9 Å². The van der Waals surface area contributed by atoms with Crippen LogP contribution in [0.3, 0.4) is 0 Å². The van der Waals surface area contributed by atoms with Gasteiger partial charge in [-0.2, -0.15) is 0 Å². The van der Waals surface area contributed by atoms with Gasteiger partial charge >= 0.3 is 0 Å². The van der Waals surface area contributed by atoms with Crippen LogP contribution < -0.4 is 0 Å². The molecule has 5 nitrogen and oxygen atoms in total. The van der Waals surface area contributed by atoms with Crippen LogP contribution in [-0.2, 0) is 4.79 Å². The highest BCUT2D eigenvalue weighted by molar-refractivity contribution is 5.83. The summed E-state index contributed by atoms with van der Waals surface area (Å²) < 4.78 is 14.1. The molecule has 0 radical (unpaired) electrons. The van der Waals surface area contributed by atoms with E-state index in [1.807, 2.05) is 4.90 Å². The quantitative estimate of drug-likeness (QED) is 0.763. The zero-order chi connectivity index (χ0) is 17.5. The third-order valence-corrected chi connectivity index (χ3v) is 4.52. The van der Waals surface area contributed by atoms with Crippen LogP contribution in [0.15, 0.2) is 24.3 Å². The molecule has 1 N–H and O–H groups in total. The number of aliphatic hydroxyl groups excluding tert-OH is 1. The molecule has 1 atom stereocenters. The van der Waals surface area contributed by atoms with Crippen LogP contribution in [0, 0.1) is 5.82 Å². The Kier molecular flexibility index (Phi) is 7.15. The Morgan fingerprint density at radius 3 is 2.46 bits per heavy atom. The SMILES string of the molecule is CN(C)[C@@H](C(=O)N1CCN(CCCCO)CC1)c1ccccc1F. The second kappa shape index (κ2) is 9.11. The number of amides is 1. The lowest BCUT2D eigenvalue weighted by Gasteiger charge is -2.37. The maximum absolute atomic E-state index is 14.1. The van der Waals surface area contributed by atoms with E-state index in [4.69, 9.17) is 5.11 Å². The predicted molar refractivity (Wildman–Crippen MR) is 92.2 cm³/mol. The van der Waals surface area contributed by atoms with Crippen LogP contribution in [0.25, 0.3) is 0 Å². The first-order valence-corrected chi connectivity index (χ1v) is 8.57. The van der Waals surface area contributed by atoms with Crippen LogP contribution in [0.2, 0.25) is 0 Å². The summed E-state index contributed by atoms with van der Waals surface area (Å²) in [6.45, 7) is 4.16. The molecule has 1 saturated heterocycles. The lowest BCUT2D eigenvalue weighted by atomic mass is 10.0. The molecular weight excluding hydrogens is 309 g/mol. The second-order valence-electron chi connectivity index (χ2n) is 6.49. The Labute approximate surface area is 143 Å². The van der Waals surface area contributed by atoms with Crippen molar-refractivity contribution < 1.29 is 14.3 Å². The molecule has 1 fully saturated rings. The van der Waals surface area contributed by atoms with Crippen LogP contribution >= 0.6 is 0 Å². The molecule has 0 unspecified atom stereocenters. The monoisotopic (exact) mass is 337 g/mol. The van der Waals surface area contributed by atoms with Gasteiger partial charge in [-0.3, -0.25) is 14.6 Å². The molecule has 24 heavy (non-hydrogen) atoms. The molecule has 1 aliphatic heterocycles. The molecule has 6 heteroatoms. The van der Waals surface area contributed by atoms with Crippen LogP contribution in [0.5, 0.6) is 0 Å². The molecular formula is C18H28FN3O2. The minimum absolute atomic E-state index is 0.0416. The molecule has 1 aromatic rings. The average Bonchev–Trinajstić information content (AvgIpc) is 2.57. The van der Waals surface area contributed by atoms with Gasteiger partial charge in [-0.15, -0.1) is 0 Å². The van der Waals surface area contributed by atoms with Gasteiger partial charge in [0.1, 0.15) is 11.9 Å². The van der Waals surface area contributed by atoms with E-state index >= 15 is 0 Å². The van der Waals surface area contributed by atoms with E-state index in [0.29, 0.717) is 18.7 Å². The van der Waals surface area contributed by atoms with Gasteiger partial charge in [0, 0.05) is 38.3 Å². The third-order valence-electron chi connectivity index (χ3n) is 4.52. The summed E-state index contributed by atoms with van der Waals surface area (Å²) in [7, 11) is 3.61. The summed E-state index contributed by atoms with van der Waals surface area (Å²) in [5.41, 5.74) is 0.429. The molecule has 1 aliphatic rings. The van der Waals surface area contributed by atoms with Crippen molar-refractivity contribution in [3.05, 3.63) is 35.6 Å². The lowest BCUT2D eigenvalue weighted by Crippen LogP contribution is -2.51. The minimum atomic E-state index is -0.591. The van der Waals surface area contributed by atoms with E-state index in [1.165, 1.54) is 6.07 Å². The van der Waals surface area contributed by atoms with Gasteiger partial charge in [0.2, 0.25) is 5.91 Å². The topological polar surface area (TPSA) is 47.0 Å². The maximum atomic E-state index is 14.1. The van der Waals surface area contributed by atoms with E-state index in [-0.39, 0.29) is 18.3 Å². The molecule has 2 rings (SSSR count). The molecule has 0 bridgehead atoms. The number of carbonyl (C=O) groups is 1. The van der Waals surface area contributed by atoms with E-state index in [1.54, 1.807) is 37.2 Å².